The number of aliphatic hydroxyl groups is 1. The molecule has 0 fully saturated rings. The predicted octanol–water partition coefficient (Wildman–Crippen LogP) is 3.62. The summed E-state index contributed by atoms with van der Waals surface area (Å²) >= 11 is 3.05. The number of amides is 1. The summed E-state index contributed by atoms with van der Waals surface area (Å²) in [7, 11) is 1.43. The average molecular weight is 475 g/mol. The number of halogens is 5. The van der Waals surface area contributed by atoms with E-state index in [2.05, 4.69) is 15.9 Å². The molecule has 1 N–H and O–H groups in total. The second-order valence-electron chi connectivity index (χ2n) is 6.16. The molecule has 0 saturated heterocycles. The molecule has 1 amide bonds. The summed E-state index contributed by atoms with van der Waals surface area (Å²) in [5, 5.41) is 9.78. The van der Waals surface area contributed by atoms with E-state index >= 15 is 0 Å². The molecular weight excluding hydrogens is 460 g/mol. The minimum atomic E-state index is -1.19. The number of rotatable bonds is 5. The maximum atomic E-state index is 14.2. The molecule has 5 nitrogen and oxygen atoms in total. The molecule has 1 unspecified atom stereocenters. The predicted molar refractivity (Wildman–Crippen MR) is 99.6 cm³/mol. The van der Waals surface area contributed by atoms with E-state index in [0.29, 0.717) is 6.07 Å². The highest BCUT2D eigenvalue weighted by Crippen LogP contribution is 2.35. The first-order valence-electron chi connectivity index (χ1n) is 8.34. The van der Waals surface area contributed by atoms with E-state index < -0.39 is 47.6 Å². The lowest BCUT2D eigenvalue weighted by atomic mass is 10.2. The maximum absolute atomic E-state index is 14.2. The first-order valence-corrected chi connectivity index (χ1v) is 9.13. The number of nitrogens with zero attached hydrogens (tertiary/aromatic N) is 2. The summed E-state index contributed by atoms with van der Waals surface area (Å²) < 4.78 is 60.7. The molecular formula is C19H15BrF4N2O3. The van der Waals surface area contributed by atoms with Crippen LogP contribution in [0.4, 0.5) is 23.2 Å². The van der Waals surface area contributed by atoms with Gasteiger partial charge in [-0.25, -0.2) is 17.6 Å². The van der Waals surface area contributed by atoms with Crippen molar-refractivity contribution in [3.05, 3.63) is 75.6 Å². The van der Waals surface area contributed by atoms with Crippen molar-refractivity contribution in [2.75, 3.05) is 18.6 Å². The molecule has 3 rings (SSSR count). The third-order valence-corrected chi connectivity index (χ3v) is 5.06. The van der Waals surface area contributed by atoms with Crippen LogP contribution >= 0.6 is 15.9 Å². The maximum Gasteiger partial charge on any atom is 0.272 e. The van der Waals surface area contributed by atoms with Gasteiger partial charge in [0.15, 0.2) is 0 Å². The number of para-hydroxylation sites is 1. The molecule has 2 aromatic carbocycles. The van der Waals surface area contributed by atoms with E-state index in [-0.39, 0.29) is 22.5 Å². The molecule has 10 heteroatoms. The zero-order valence-electron chi connectivity index (χ0n) is 15.0. The molecule has 0 spiro atoms. The van der Waals surface area contributed by atoms with Crippen molar-refractivity contribution in [1.82, 2.24) is 4.90 Å². The van der Waals surface area contributed by atoms with Gasteiger partial charge in [0.05, 0.1) is 6.61 Å². The quantitative estimate of drug-likeness (QED) is 0.672. The molecule has 0 saturated carbocycles. The summed E-state index contributed by atoms with van der Waals surface area (Å²) in [6.07, 6.45) is -1.19. The lowest BCUT2D eigenvalue weighted by Crippen LogP contribution is -2.56. The summed E-state index contributed by atoms with van der Waals surface area (Å²) in [6.45, 7) is -1.02. The van der Waals surface area contributed by atoms with E-state index in [0.717, 1.165) is 29.2 Å². The number of hydrogen-bond acceptors (Lipinski definition) is 4. The van der Waals surface area contributed by atoms with Gasteiger partial charge in [0.2, 0.25) is 5.88 Å². The second kappa shape index (κ2) is 8.42. The highest BCUT2D eigenvalue weighted by Gasteiger charge is 2.41. The molecule has 1 atom stereocenters. The zero-order chi connectivity index (χ0) is 21.3. The molecule has 1 aliphatic rings. The smallest absolute Gasteiger partial charge is 0.272 e. The average Bonchev–Trinajstić information content (AvgIpc) is 2.67. The van der Waals surface area contributed by atoms with Crippen molar-refractivity contribution in [3.8, 4) is 0 Å². The fraction of sp³-hybridized carbons (Fsp3) is 0.211. The molecule has 29 heavy (non-hydrogen) atoms. The molecule has 0 aromatic heterocycles. The van der Waals surface area contributed by atoms with Gasteiger partial charge in [0.1, 0.15) is 46.2 Å². The third kappa shape index (κ3) is 3.95. The second-order valence-corrected chi connectivity index (χ2v) is 6.96. The summed E-state index contributed by atoms with van der Waals surface area (Å²) in [5.41, 5.74) is -0.591. The van der Waals surface area contributed by atoms with Crippen LogP contribution in [0.25, 0.3) is 0 Å². The fourth-order valence-electron chi connectivity index (χ4n) is 2.92. The van der Waals surface area contributed by atoms with Crippen molar-refractivity contribution in [2.24, 2.45) is 0 Å². The van der Waals surface area contributed by atoms with E-state index in [1.165, 1.54) is 18.0 Å². The molecule has 1 aliphatic heterocycles. The molecule has 0 radical (unpaired) electrons. The normalized spacial score (nSPS) is 17.2. The number of benzene rings is 2. The van der Waals surface area contributed by atoms with Crippen LogP contribution in [0, 0.1) is 23.3 Å². The van der Waals surface area contributed by atoms with E-state index in [4.69, 9.17) is 4.74 Å². The topological polar surface area (TPSA) is 53.0 Å². The Morgan fingerprint density at radius 2 is 1.76 bits per heavy atom. The van der Waals surface area contributed by atoms with Crippen LogP contribution in [0.2, 0.25) is 0 Å². The minimum absolute atomic E-state index is 0.0307. The molecule has 154 valence electrons. The van der Waals surface area contributed by atoms with Crippen LogP contribution in [0.5, 0.6) is 0 Å². The van der Waals surface area contributed by atoms with Gasteiger partial charge in [0, 0.05) is 18.7 Å². The Morgan fingerprint density at radius 3 is 2.34 bits per heavy atom. The molecule has 0 aliphatic carbocycles. The van der Waals surface area contributed by atoms with Gasteiger partial charge in [-0.1, -0.05) is 6.07 Å². The Balaban J connectivity index is 1.96. The third-order valence-electron chi connectivity index (χ3n) is 4.38. The number of aliphatic hydroxyl groups excluding tert-OH is 1. The van der Waals surface area contributed by atoms with Gasteiger partial charge in [-0.2, -0.15) is 0 Å². The van der Waals surface area contributed by atoms with Crippen molar-refractivity contribution in [2.45, 2.75) is 12.8 Å². The van der Waals surface area contributed by atoms with Crippen LogP contribution in [0.1, 0.15) is 5.56 Å². The van der Waals surface area contributed by atoms with Crippen LogP contribution in [0.3, 0.4) is 0 Å². The number of carbonyl (C=O) groups excluding carboxylic acids is 1. The number of carbonyl (C=O) groups is 1. The van der Waals surface area contributed by atoms with Gasteiger partial charge in [-0.3, -0.25) is 9.69 Å². The number of anilines is 1. The lowest BCUT2D eigenvalue weighted by Gasteiger charge is -2.42. The van der Waals surface area contributed by atoms with Gasteiger partial charge >= 0.3 is 0 Å². The van der Waals surface area contributed by atoms with Crippen molar-refractivity contribution in [3.63, 3.8) is 0 Å². The van der Waals surface area contributed by atoms with Gasteiger partial charge in [0.25, 0.3) is 5.91 Å². The van der Waals surface area contributed by atoms with Crippen molar-refractivity contribution >= 4 is 27.5 Å². The van der Waals surface area contributed by atoms with Gasteiger partial charge < -0.3 is 14.7 Å². The Bertz CT molecular complexity index is 966. The largest absolute Gasteiger partial charge is 0.473 e. The first kappa shape index (κ1) is 21.1. The molecule has 1 heterocycles. The van der Waals surface area contributed by atoms with Crippen LogP contribution in [0.15, 0.2) is 46.8 Å². The Morgan fingerprint density at radius 1 is 1.10 bits per heavy atom. The van der Waals surface area contributed by atoms with Crippen LogP contribution in [-0.2, 0) is 16.1 Å². The fourth-order valence-corrected chi connectivity index (χ4v) is 3.51. The zero-order valence-corrected chi connectivity index (χ0v) is 16.6. The number of ether oxygens (including phenoxy) is 1. The Kier molecular flexibility index (Phi) is 6.13. The number of likely N-dealkylation sites (N-methyl/N-ethyl adjacent to an activating group) is 1. The summed E-state index contributed by atoms with van der Waals surface area (Å²) in [5.74, 6) is -4.49. The first-order chi connectivity index (χ1) is 13.8. The Labute approximate surface area is 171 Å². The number of hydrogen-bond donors (Lipinski definition) is 1. The summed E-state index contributed by atoms with van der Waals surface area (Å²) in [6, 6.07) is 6.06. The molecule has 2 aromatic rings. The van der Waals surface area contributed by atoms with Gasteiger partial charge in [-0.05, 0) is 40.2 Å². The Hall–Kier alpha value is -2.59. The SMILES string of the molecule is CN1C(OCc2ccc(F)cc2F)=C(Br)C(=O)N(c2c(F)cccc2F)C1CO. The van der Waals surface area contributed by atoms with Crippen molar-refractivity contribution < 1.29 is 32.2 Å². The standard InChI is InChI=1S/C19H15BrF4N2O3/c1-25-15(8-27)26(17-12(22)3-2-4-13(17)23)18(28)16(20)19(25)29-9-10-5-6-11(21)7-14(10)24/h2-7,15,27H,8-9H2,1H3. The lowest BCUT2D eigenvalue weighted by molar-refractivity contribution is -0.118. The summed E-state index contributed by atoms with van der Waals surface area (Å²) in [4.78, 5) is 14.9. The van der Waals surface area contributed by atoms with E-state index in [9.17, 15) is 27.5 Å². The highest BCUT2D eigenvalue weighted by molar-refractivity contribution is 9.12. The highest BCUT2D eigenvalue weighted by atomic mass is 79.9. The van der Waals surface area contributed by atoms with Crippen LogP contribution in [-0.4, -0.2) is 35.7 Å². The minimum Gasteiger partial charge on any atom is -0.473 e. The van der Waals surface area contributed by atoms with E-state index in [1.807, 2.05) is 0 Å². The van der Waals surface area contributed by atoms with Crippen LogP contribution < -0.4 is 4.90 Å². The van der Waals surface area contributed by atoms with E-state index in [1.54, 1.807) is 0 Å². The molecule has 0 bridgehead atoms. The monoisotopic (exact) mass is 474 g/mol. The van der Waals surface area contributed by atoms with Gasteiger partial charge in [-0.15, -0.1) is 0 Å². The van der Waals surface area contributed by atoms with Crippen molar-refractivity contribution in [1.29, 1.82) is 0 Å².